The lowest BCUT2D eigenvalue weighted by molar-refractivity contribution is -0.172. The second-order valence-electron chi connectivity index (χ2n) is 4.91. The fourth-order valence-electron chi connectivity index (χ4n) is 2.18. The first-order chi connectivity index (χ1) is 8.54. The molecule has 98 valence electrons. The summed E-state index contributed by atoms with van der Waals surface area (Å²) in [5.41, 5.74) is 0.764. The molecule has 18 heavy (non-hydrogen) atoms. The van der Waals surface area contributed by atoms with Crippen LogP contribution in [0.4, 0.5) is 0 Å². The number of ether oxygens (including phenoxy) is 1. The number of benzene rings is 1. The first-order valence-electron chi connectivity index (χ1n) is 6.12. The lowest BCUT2D eigenvalue weighted by Crippen LogP contribution is -2.42. The molecule has 1 aliphatic rings. The van der Waals surface area contributed by atoms with E-state index in [0.29, 0.717) is 6.42 Å². The molecule has 1 aromatic rings. The number of nitrogens with zero attached hydrogens (tertiary/aromatic N) is 1. The van der Waals surface area contributed by atoms with Crippen molar-refractivity contribution >= 4 is 5.91 Å². The molecule has 0 radical (unpaired) electrons. The standard InChI is InChI=1S/C14H19NO3/c1-14(10-13(16)15(2)17-3)9-8-11-6-4-5-7-12(11)18-14/h4-7H,8-10H2,1-3H3. The zero-order chi connectivity index (χ0) is 13.2. The minimum atomic E-state index is -0.446. The van der Waals surface area contributed by atoms with Crippen LogP contribution in [0.2, 0.25) is 0 Å². The van der Waals surface area contributed by atoms with Crippen molar-refractivity contribution in [3.63, 3.8) is 0 Å². The van der Waals surface area contributed by atoms with E-state index < -0.39 is 5.60 Å². The number of fused-ring (bicyclic) bond motifs is 1. The molecule has 0 saturated carbocycles. The summed E-state index contributed by atoms with van der Waals surface area (Å²) in [5.74, 6) is 0.818. The van der Waals surface area contributed by atoms with E-state index in [1.165, 1.54) is 17.7 Å². The monoisotopic (exact) mass is 249 g/mol. The van der Waals surface area contributed by atoms with Gasteiger partial charge in [-0.05, 0) is 31.4 Å². The SMILES string of the molecule is CON(C)C(=O)CC1(C)CCc2ccccc2O1. The maximum absolute atomic E-state index is 11.9. The van der Waals surface area contributed by atoms with E-state index in [1.807, 2.05) is 25.1 Å². The number of para-hydroxylation sites is 1. The highest BCUT2D eigenvalue weighted by atomic mass is 16.7. The highest BCUT2D eigenvalue weighted by molar-refractivity contribution is 5.76. The summed E-state index contributed by atoms with van der Waals surface area (Å²) in [6.45, 7) is 1.98. The predicted octanol–water partition coefficient (Wildman–Crippen LogP) is 2.18. The Hall–Kier alpha value is -1.55. The average molecular weight is 249 g/mol. The van der Waals surface area contributed by atoms with E-state index in [4.69, 9.17) is 9.57 Å². The van der Waals surface area contributed by atoms with Gasteiger partial charge in [0.1, 0.15) is 11.4 Å². The van der Waals surface area contributed by atoms with Crippen LogP contribution < -0.4 is 4.74 Å². The summed E-state index contributed by atoms with van der Waals surface area (Å²) in [6, 6.07) is 7.98. The molecular weight excluding hydrogens is 230 g/mol. The van der Waals surface area contributed by atoms with Crippen molar-refractivity contribution in [2.45, 2.75) is 31.8 Å². The van der Waals surface area contributed by atoms with Gasteiger partial charge in [0.15, 0.2) is 0 Å². The number of hydrogen-bond donors (Lipinski definition) is 0. The summed E-state index contributed by atoms with van der Waals surface area (Å²) in [5, 5.41) is 1.25. The zero-order valence-corrected chi connectivity index (χ0v) is 11.1. The molecule has 0 fully saturated rings. The Bertz CT molecular complexity index is 446. The number of aryl methyl sites for hydroxylation is 1. The van der Waals surface area contributed by atoms with Crippen LogP contribution in [-0.4, -0.2) is 30.7 Å². The smallest absolute Gasteiger partial charge is 0.249 e. The maximum Gasteiger partial charge on any atom is 0.249 e. The molecule has 1 aliphatic heterocycles. The molecule has 1 aromatic carbocycles. The van der Waals surface area contributed by atoms with Crippen molar-refractivity contribution in [1.29, 1.82) is 0 Å². The van der Waals surface area contributed by atoms with Gasteiger partial charge in [0.05, 0.1) is 13.5 Å². The van der Waals surface area contributed by atoms with Crippen molar-refractivity contribution in [2.75, 3.05) is 14.2 Å². The third kappa shape index (κ3) is 2.64. The minimum Gasteiger partial charge on any atom is -0.487 e. The number of amides is 1. The van der Waals surface area contributed by atoms with Crippen LogP contribution >= 0.6 is 0 Å². The van der Waals surface area contributed by atoms with E-state index in [1.54, 1.807) is 7.05 Å². The highest BCUT2D eigenvalue weighted by Gasteiger charge is 2.34. The first kappa shape index (κ1) is 12.9. The van der Waals surface area contributed by atoms with E-state index in [0.717, 1.165) is 18.6 Å². The topological polar surface area (TPSA) is 38.8 Å². The molecular formula is C14H19NO3. The number of hydrogen-bond acceptors (Lipinski definition) is 3. The van der Waals surface area contributed by atoms with Crippen LogP contribution in [-0.2, 0) is 16.1 Å². The van der Waals surface area contributed by atoms with E-state index in [-0.39, 0.29) is 5.91 Å². The van der Waals surface area contributed by atoms with Crippen LogP contribution in [0.3, 0.4) is 0 Å². The second-order valence-corrected chi connectivity index (χ2v) is 4.91. The van der Waals surface area contributed by atoms with E-state index in [9.17, 15) is 4.79 Å². The minimum absolute atomic E-state index is 0.0700. The van der Waals surface area contributed by atoms with Gasteiger partial charge in [0.25, 0.3) is 0 Å². The third-order valence-electron chi connectivity index (χ3n) is 3.40. The van der Waals surface area contributed by atoms with Crippen LogP contribution in [0.15, 0.2) is 24.3 Å². The molecule has 2 rings (SSSR count). The van der Waals surface area contributed by atoms with Gasteiger partial charge in [-0.25, -0.2) is 5.06 Å². The zero-order valence-electron chi connectivity index (χ0n) is 11.1. The molecule has 1 unspecified atom stereocenters. The lowest BCUT2D eigenvalue weighted by Gasteiger charge is -2.36. The maximum atomic E-state index is 11.9. The van der Waals surface area contributed by atoms with Gasteiger partial charge in [-0.3, -0.25) is 9.63 Å². The Morgan fingerprint density at radius 3 is 2.94 bits per heavy atom. The number of carbonyl (C=O) groups is 1. The Kier molecular flexibility index (Phi) is 3.57. The Morgan fingerprint density at radius 2 is 2.22 bits per heavy atom. The molecule has 0 aromatic heterocycles. The van der Waals surface area contributed by atoms with E-state index >= 15 is 0 Å². The fraction of sp³-hybridized carbons (Fsp3) is 0.500. The summed E-state index contributed by atoms with van der Waals surface area (Å²) in [4.78, 5) is 16.8. The molecule has 0 aliphatic carbocycles. The Balaban J connectivity index is 2.09. The number of hydroxylamine groups is 2. The van der Waals surface area contributed by atoms with Gasteiger partial charge < -0.3 is 4.74 Å². The van der Waals surface area contributed by atoms with Gasteiger partial charge >= 0.3 is 0 Å². The average Bonchev–Trinajstić information content (AvgIpc) is 2.37. The van der Waals surface area contributed by atoms with Gasteiger partial charge in [0, 0.05) is 7.05 Å². The van der Waals surface area contributed by atoms with Crippen LogP contribution in [0.5, 0.6) is 5.75 Å². The van der Waals surface area contributed by atoms with Crippen molar-refractivity contribution in [3.05, 3.63) is 29.8 Å². The van der Waals surface area contributed by atoms with E-state index in [2.05, 4.69) is 6.07 Å². The lowest BCUT2D eigenvalue weighted by atomic mass is 9.89. The summed E-state index contributed by atoms with van der Waals surface area (Å²) in [7, 11) is 3.10. The van der Waals surface area contributed by atoms with Gasteiger partial charge in [0.2, 0.25) is 5.91 Å². The molecule has 1 amide bonds. The molecule has 0 bridgehead atoms. The van der Waals surface area contributed by atoms with Crippen molar-refractivity contribution < 1.29 is 14.4 Å². The summed E-state index contributed by atoms with van der Waals surface area (Å²) in [6.07, 6.45) is 2.11. The van der Waals surface area contributed by atoms with Gasteiger partial charge in [-0.2, -0.15) is 0 Å². The Labute approximate surface area is 107 Å². The highest BCUT2D eigenvalue weighted by Crippen LogP contribution is 2.34. The van der Waals surface area contributed by atoms with Gasteiger partial charge in [-0.15, -0.1) is 0 Å². The van der Waals surface area contributed by atoms with Crippen molar-refractivity contribution in [1.82, 2.24) is 5.06 Å². The number of carbonyl (C=O) groups excluding carboxylic acids is 1. The predicted molar refractivity (Wildman–Crippen MR) is 68.2 cm³/mol. The van der Waals surface area contributed by atoms with Crippen molar-refractivity contribution in [3.8, 4) is 5.75 Å². The van der Waals surface area contributed by atoms with Crippen LogP contribution in [0, 0.1) is 0 Å². The first-order valence-corrected chi connectivity index (χ1v) is 6.12. The summed E-state index contributed by atoms with van der Waals surface area (Å²) >= 11 is 0. The largest absolute Gasteiger partial charge is 0.487 e. The second kappa shape index (κ2) is 4.98. The number of rotatable bonds is 3. The molecule has 0 saturated heterocycles. The molecule has 4 nitrogen and oxygen atoms in total. The summed E-state index contributed by atoms with van der Waals surface area (Å²) < 4.78 is 5.98. The molecule has 1 atom stereocenters. The molecule has 1 heterocycles. The normalized spacial score (nSPS) is 21.9. The van der Waals surface area contributed by atoms with Gasteiger partial charge in [-0.1, -0.05) is 18.2 Å². The van der Waals surface area contributed by atoms with Crippen molar-refractivity contribution in [2.24, 2.45) is 0 Å². The third-order valence-corrected chi connectivity index (χ3v) is 3.40. The fourth-order valence-corrected chi connectivity index (χ4v) is 2.18. The Morgan fingerprint density at radius 1 is 1.50 bits per heavy atom. The van der Waals surface area contributed by atoms with Crippen LogP contribution in [0.25, 0.3) is 0 Å². The molecule has 0 N–H and O–H groups in total. The van der Waals surface area contributed by atoms with Crippen LogP contribution in [0.1, 0.15) is 25.3 Å². The quantitative estimate of drug-likeness (QED) is 0.771. The molecule has 4 heteroatoms. The molecule has 0 spiro atoms.